The number of carbonyl (C=O) groups is 2. The van der Waals surface area contributed by atoms with Crippen LogP contribution in [0.4, 0.5) is 0 Å². The average molecular weight is 380 g/mol. The maximum Gasteiger partial charge on any atom is 0.309 e. The number of nitrogens with one attached hydrogen (secondary N) is 3. The summed E-state index contributed by atoms with van der Waals surface area (Å²) in [6.07, 6.45) is 14.4. The molecule has 2 amide bonds. The SMILES string of the molecule is CNC(=O)C(=O)NCCCCC=CCCCCCCCOCc1nnn[nH]1. The molecule has 1 heterocycles. The van der Waals surface area contributed by atoms with Gasteiger partial charge in [-0.1, -0.05) is 31.4 Å². The predicted molar refractivity (Wildman–Crippen MR) is 102 cm³/mol. The zero-order chi connectivity index (χ0) is 19.6. The van der Waals surface area contributed by atoms with E-state index in [4.69, 9.17) is 4.74 Å². The molecule has 9 heteroatoms. The first-order chi connectivity index (χ1) is 13.2. The molecular formula is C18H32N6O3. The predicted octanol–water partition coefficient (Wildman–Crippen LogP) is 1.65. The summed E-state index contributed by atoms with van der Waals surface area (Å²) >= 11 is 0. The molecule has 0 aliphatic heterocycles. The molecule has 9 nitrogen and oxygen atoms in total. The van der Waals surface area contributed by atoms with E-state index in [-0.39, 0.29) is 0 Å². The lowest BCUT2D eigenvalue weighted by molar-refractivity contribution is -0.138. The van der Waals surface area contributed by atoms with Gasteiger partial charge >= 0.3 is 11.8 Å². The number of rotatable bonds is 15. The fourth-order valence-electron chi connectivity index (χ4n) is 2.42. The Kier molecular flexibility index (Phi) is 13.4. The zero-order valence-electron chi connectivity index (χ0n) is 16.2. The highest BCUT2D eigenvalue weighted by atomic mass is 16.5. The average Bonchev–Trinajstić information content (AvgIpc) is 3.20. The minimum atomic E-state index is -0.591. The molecule has 0 spiro atoms. The summed E-state index contributed by atoms with van der Waals surface area (Å²) in [7, 11) is 1.45. The third kappa shape index (κ3) is 12.7. The summed E-state index contributed by atoms with van der Waals surface area (Å²) in [5.41, 5.74) is 0. The van der Waals surface area contributed by atoms with Gasteiger partial charge in [0.15, 0.2) is 5.82 Å². The van der Waals surface area contributed by atoms with Gasteiger partial charge in [-0.15, -0.1) is 5.10 Å². The Hall–Kier alpha value is -2.29. The van der Waals surface area contributed by atoms with Crippen LogP contribution in [-0.4, -0.2) is 52.6 Å². The number of hydrogen-bond acceptors (Lipinski definition) is 6. The molecule has 0 aromatic carbocycles. The molecule has 0 saturated carbocycles. The van der Waals surface area contributed by atoms with Gasteiger partial charge in [-0.3, -0.25) is 9.59 Å². The van der Waals surface area contributed by atoms with Crippen molar-refractivity contribution in [1.82, 2.24) is 31.3 Å². The van der Waals surface area contributed by atoms with Gasteiger partial charge in [0.1, 0.15) is 6.61 Å². The molecule has 1 aromatic heterocycles. The lowest BCUT2D eigenvalue weighted by Crippen LogP contribution is -2.38. The van der Waals surface area contributed by atoms with Gasteiger partial charge in [-0.05, 0) is 49.0 Å². The molecule has 27 heavy (non-hydrogen) atoms. The molecular weight excluding hydrogens is 348 g/mol. The Morgan fingerprint density at radius 3 is 2.41 bits per heavy atom. The van der Waals surface area contributed by atoms with Crippen LogP contribution in [0.1, 0.15) is 63.6 Å². The number of H-pyrrole nitrogens is 1. The van der Waals surface area contributed by atoms with E-state index in [1.54, 1.807) is 0 Å². The molecule has 0 radical (unpaired) electrons. The minimum absolute atomic E-state index is 0.443. The van der Waals surface area contributed by atoms with E-state index in [1.807, 2.05) is 0 Å². The van der Waals surface area contributed by atoms with Crippen LogP contribution in [0, 0.1) is 0 Å². The van der Waals surface area contributed by atoms with Crippen LogP contribution in [0.2, 0.25) is 0 Å². The third-order valence-electron chi connectivity index (χ3n) is 3.97. The van der Waals surface area contributed by atoms with Gasteiger partial charge in [0.05, 0.1) is 0 Å². The fraction of sp³-hybridized carbons (Fsp3) is 0.722. The van der Waals surface area contributed by atoms with Gasteiger partial charge in [0, 0.05) is 20.2 Å². The van der Waals surface area contributed by atoms with Crippen LogP contribution in [0.3, 0.4) is 0 Å². The van der Waals surface area contributed by atoms with Crippen molar-refractivity contribution >= 4 is 11.8 Å². The monoisotopic (exact) mass is 380 g/mol. The summed E-state index contributed by atoms with van der Waals surface area (Å²) in [4.78, 5) is 22.2. The topological polar surface area (TPSA) is 122 Å². The molecule has 152 valence electrons. The van der Waals surface area contributed by atoms with Gasteiger partial charge in [-0.25, -0.2) is 5.10 Å². The van der Waals surface area contributed by atoms with Crippen molar-refractivity contribution < 1.29 is 14.3 Å². The quantitative estimate of drug-likeness (QED) is 0.242. The standard InChI is InChI=1S/C18H32N6O3/c1-19-17(25)18(26)20-13-11-9-7-5-3-2-4-6-8-10-12-14-27-15-16-21-23-24-22-16/h3,5H,2,4,6-15H2,1H3,(H,19,25)(H,20,26)(H,21,22,23,24). The number of unbranched alkanes of at least 4 members (excludes halogenated alkanes) is 7. The smallest absolute Gasteiger partial charge is 0.309 e. The molecule has 0 aliphatic carbocycles. The summed E-state index contributed by atoms with van der Waals surface area (Å²) < 4.78 is 5.48. The zero-order valence-corrected chi connectivity index (χ0v) is 16.2. The number of carbonyl (C=O) groups excluding carboxylic acids is 2. The van der Waals surface area contributed by atoms with Crippen LogP contribution >= 0.6 is 0 Å². The second-order valence-electron chi connectivity index (χ2n) is 6.26. The first-order valence-corrected chi connectivity index (χ1v) is 9.69. The number of nitrogens with zero attached hydrogens (tertiary/aromatic N) is 3. The van der Waals surface area contributed by atoms with Crippen molar-refractivity contribution in [2.75, 3.05) is 20.2 Å². The van der Waals surface area contributed by atoms with E-state index < -0.39 is 11.8 Å². The maximum atomic E-state index is 11.2. The number of tetrazole rings is 1. The molecule has 0 unspecified atom stereocenters. The van der Waals surface area contributed by atoms with E-state index in [1.165, 1.54) is 32.7 Å². The molecule has 1 rings (SSSR count). The van der Waals surface area contributed by atoms with Crippen LogP contribution in [-0.2, 0) is 20.9 Å². The number of likely N-dealkylation sites (N-methyl/N-ethyl adjacent to an activating group) is 1. The first kappa shape index (κ1) is 22.8. The second kappa shape index (κ2) is 15.9. The largest absolute Gasteiger partial charge is 0.373 e. The third-order valence-corrected chi connectivity index (χ3v) is 3.97. The summed E-state index contributed by atoms with van der Waals surface area (Å²) in [5, 5.41) is 18.3. The Bertz CT molecular complexity index is 533. The Balaban J connectivity index is 1.77. The fourth-order valence-corrected chi connectivity index (χ4v) is 2.42. The summed E-state index contributed by atoms with van der Waals surface area (Å²) in [6, 6.07) is 0. The van der Waals surface area contributed by atoms with E-state index in [9.17, 15) is 9.59 Å². The normalized spacial score (nSPS) is 11.0. The summed E-state index contributed by atoms with van der Waals surface area (Å²) in [5.74, 6) is -0.492. The molecule has 0 atom stereocenters. The number of aromatic amines is 1. The van der Waals surface area contributed by atoms with Crippen molar-refractivity contribution in [2.45, 2.75) is 64.4 Å². The van der Waals surface area contributed by atoms with Crippen molar-refractivity contribution in [3.63, 3.8) is 0 Å². The molecule has 0 fully saturated rings. The lowest BCUT2D eigenvalue weighted by Gasteiger charge is -2.03. The number of amides is 2. The number of aromatic nitrogens is 4. The van der Waals surface area contributed by atoms with E-state index in [0.717, 1.165) is 38.7 Å². The van der Waals surface area contributed by atoms with Crippen LogP contribution < -0.4 is 10.6 Å². The van der Waals surface area contributed by atoms with E-state index in [2.05, 4.69) is 43.4 Å². The highest BCUT2D eigenvalue weighted by Crippen LogP contribution is 2.07. The first-order valence-electron chi connectivity index (χ1n) is 9.69. The molecule has 1 aromatic rings. The summed E-state index contributed by atoms with van der Waals surface area (Å²) in [6.45, 7) is 1.72. The molecule has 0 bridgehead atoms. The molecule has 3 N–H and O–H groups in total. The maximum absolute atomic E-state index is 11.2. The second-order valence-corrected chi connectivity index (χ2v) is 6.26. The number of ether oxygens (including phenoxy) is 1. The minimum Gasteiger partial charge on any atom is -0.373 e. The molecule has 0 saturated heterocycles. The van der Waals surface area contributed by atoms with Gasteiger partial charge in [0.25, 0.3) is 0 Å². The number of allylic oxidation sites excluding steroid dienone is 2. The van der Waals surface area contributed by atoms with E-state index in [0.29, 0.717) is 19.0 Å². The highest BCUT2D eigenvalue weighted by Gasteiger charge is 2.08. The Morgan fingerprint density at radius 1 is 1.00 bits per heavy atom. The van der Waals surface area contributed by atoms with Crippen molar-refractivity contribution in [1.29, 1.82) is 0 Å². The number of hydrogen-bond donors (Lipinski definition) is 3. The van der Waals surface area contributed by atoms with Crippen LogP contribution in [0.25, 0.3) is 0 Å². The van der Waals surface area contributed by atoms with Gasteiger partial charge in [0.2, 0.25) is 0 Å². The lowest BCUT2D eigenvalue weighted by atomic mass is 10.1. The molecule has 0 aliphatic rings. The van der Waals surface area contributed by atoms with Crippen LogP contribution in [0.5, 0.6) is 0 Å². The Labute approximate surface area is 160 Å². The van der Waals surface area contributed by atoms with Crippen molar-refractivity contribution in [2.24, 2.45) is 0 Å². The van der Waals surface area contributed by atoms with Crippen LogP contribution in [0.15, 0.2) is 12.2 Å². The van der Waals surface area contributed by atoms with Gasteiger partial charge in [-0.2, -0.15) is 0 Å². The van der Waals surface area contributed by atoms with Crippen molar-refractivity contribution in [3.8, 4) is 0 Å². The van der Waals surface area contributed by atoms with Crippen molar-refractivity contribution in [3.05, 3.63) is 18.0 Å². The van der Waals surface area contributed by atoms with Gasteiger partial charge < -0.3 is 15.4 Å². The Morgan fingerprint density at radius 2 is 1.70 bits per heavy atom. The van der Waals surface area contributed by atoms with E-state index >= 15 is 0 Å². The highest BCUT2D eigenvalue weighted by molar-refractivity contribution is 6.34.